The van der Waals surface area contributed by atoms with Gasteiger partial charge in [-0.15, -0.1) is 0 Å². The van der Waals surface area contributed by atoms with Crippen LogP contribution in [0.2, 0.25) is 0 Å². The fraction of sp³-hybridized carbons (Fsp3) is 0.650. The normalized spacial score (nSPS) is 26.1. The number of carbonyl (C=O) groups excluding carboxylic acids is 1. The number of hydrogen-bond donors (Lipinski definition) is 2. The Morgan fingerprint density at radius 2 is 2.04 bits per heavy atom. The van der Waals surface area contributed by atoms with Crippen molar-refractivity contribution in [3.8, 4) is 5.75 Å². The van der Waals surface area contributed by atoms with Crippen molar-refractivity contribution in [1.29, 1.82) is 0 Å². The molecule has 1 aromatic rings. The molecular formula is C20H30N2O2. The predicted molar refractivity (Wildman–Crippen MR) is 96.5 cm³/mol. The standard InChI is InChI=1S/C20H30N2O2/c1-14-8-9-16(13-18(14)24-3)20(10-4-5-11-20)19(23)22-17-7-6-12-21-15(17)2/h8-9,13,15,17,21H,4-7,10-12H2,1-3H3,(H,22,23). The van der Waals surface area contributed by atoms with E-state index >= 15 is 0 Å². The van der Waals surface area contributed by atoms with Gasteiger partial charge < -0.3 is 15.4 Å². The summed E-state index contributed by atoms with van der Waals surface area (Å²) in [6, 6.07) is 6.84. The Morgan fingerprint density at radius 1 is 1.29 bits per heavy atom. The first-order valence-electron chi connectivity index (χ1n) is 9.26. The molecule has 2 aliphatic rings. The molecular weight excluding hydrogens is 300 g/mol. The summed E-state index contributed by atoms with van der Waals surface area (Å²) in [6.45, 7) is 5.26. The molecule has 1 aliphatic carbocycles. The lowest BCUT2D eigenvalue weighted by atomic mass is 9.77. The molecule has 1 amide bonds. The summed E-state index contributed by atoms with van der Waals surface area (Å²) in [7, 11) is 1.70. The molecule has 3 rings (SSSR count). The first kappa shape index (κ1) is 17.3. The van der Waals surface area contributed by atoms with Gasteiger partial charge in [-0.3, -0.25) is 4.79 Å². The first-order valence-corrected chi connectivity index (χ1v) is 9.26. The Labute approximate surface area is 145 Å². The largest absolute Gasteiger partial charge is 0.496 e. The highest BCUT2D eigenvalue weighted by Gasteiger charge is 2.44. The molecule has 4 nitrogen and oxygen atoms in total. The maximum atomic E-state index is 13.3. The number of amides is 1. The second-order valence-corrected chi connectivity index (χ2v) is 7.44. The van der Waals surface area contributed by atoms with Crippen molar-refractivity contribution in [2.45, 2.75) is 69.9 Å². The fourth-order valence-electron chi connectivity index (χ4n) is 4.29. The second kappa shape index (κ2) is 7.14. The zero-order valence-corrected chi connectivity index (χ0v) is 15.2. The van der Waals surface area contributed by atoms with Gasteiger partial charge in [-0.2, -0.15) is 0 Å². The topological polar surface area (TPSA) is 50.4 Å². The SMILES string of the molecule is COc1cc(C2(C(=O)NC3CCCNC3C)CCCC2)ccc1C. The molecule has 2 atom stereocenters. The highest BCUT2D eigenvalue weighted by atomic mass is 16.5. The molecule has 1 aliphatic heterocycles. The van der Waals surface area contributed by atoms with Crippen molar-refractivity contribution in [1.82, 2.24) is 10.6 Å². The average Bonchev–Trinajstić information content (AvgIpc) is 3.08. The third kappa shape index (κ3) is 3.16. The Balaban J connectivity index is 1.86. The van der Waals surface area contributed by atoms with Crippen LogP contribution in [0.1, 0.15) is 56.6 Å². The molecule has 1 saturated heterocycles. The van der Waals surface area contributed by atoms with E-state index in [4.69, 9.17) is 4.74 Å². The minimum absolute atomic E-state index is 0.200. The van der Waals surface area contributed by atoms with E-state index in [1.807, 2.05) is 6.92 Å². The molecule has 0 aromatic heterocycles. The minimum atomic E-state index is -0.391. The van der Waals surface area contributed by atoms with Crippen LogP contribution in [0.4, 0.5) is 0 Å². The van der Waals surface area contributed by atoms with Gasteiger partial charge in [0.25, 0.3) is 0 Å². The molecule has 24 heavy (non-hydrogen) atoms. The summed E-state index contributed by atoms with van der Waals surface area (Å²) in [5.41, 5.74) is 1.83. The molecule has 4 heteroatoms. The number of carbonyl (C=O) groups is 1. The third-order valence-corrected chi connectivity index (χ3v) is 5.93. The summed E-state index contributed by atoms with van der Waals surface area (Å²) >= 11 is 0. The van der Waals surface area contributed by atoms with Crippen molar-refractivity contribution in [2.24, 2.45) is 0 Å². The van der Waals surface area contributed by atoms with Crippen molar-refractivity contribution in [3.05, 3.63) is 29.3 Å². The minimum Gasteiger partial charge on any atom is -0.496 e. The van der Waals surface area contributed by atoms with Crippen molar-refractivity contribution in [2.75, 3.05) is 13.7 Å². The Hall–Kier alpha value is -1.55. The van der Waals surface area contributed by atoms with E-state index in [1.165, 1.54) is 0 Å². The number of methoxy groups -OCH3 is 1. The monoisotopic (exact) mass is 330 g/mol. The van der Waals surface area contributed by atoms with Crippen LogP contribution >= 0.6 is 0 Å². The maximum absolute atomic E-state index is 13.3. The Kier molecular flexibility index (Phi) is 5.14. The van der Waals surface area contributed by atoms with Crippen LogP contribution in [0.15, 0.2) is 18.2 Å². The lowest BCUT2D eigenvalue weighted by molar-refractivity contribution is -0.127. The smallest absolute Gasteiger partial charge is 0.230 e. The van der Waals surface area contributed by atoms with Crippen molar-refractivity contribution < 1.29 is 9.53 Å². The van der Waals surface area contributed by atoms with E-state index in [-0.39, 0.29) is 11.9 Å². The van der Waals surface area contributed by atoms with Crippen molar-refractivity contribution >= 4 is 5.91 Å². The van der Waals surface area contributed by atoms with Gasteiger partial charge in [-0.05, 0) is 63.3 Å². The highest BCUT2D eigenvalue weighted by molar-refractivity contribution is 5.89. The average molecular weight is 330 g/mol. The molecule has 1 aromatic carbocycles. The van der Waals surface area contributed by atoms with Gasteiger partial charge in [0.05, 0.1) is 12.5 Å². The van der Waals surface area contributed by atoms with E-state index in [0.29, 0.717) is 6.04 Å². The number of aryl methyl sites for hydroxylation is 1. The van der Waals surface area contributed by atoms with Gasteiger partial charge in [0.2, 0.25) is 5.91 Å². The lowest BCUT2D eigenvalue weighted by Crippen LogP contribution is -2.55. The predicted octanol–water partition coefficient (Wildman–Crippen LogP) is 3.07. The number of benzene rings is 1. The Bertz CT molecular complexity index is 593. The molecule has 2 fully saturated rings. The number of ether oxygens (including phenoxy) is 1. The quantitative estimate of drug-likeness (QED) is 0.892. The van der Waals surface area contributed by atoms with Crippen LogP contribution < -0.4 is 15.4 Å². The zero-order chi connectivity index (χ0) is 17.2. The van der Waals surface area contributed by atoms with Gasteiger partial charge in [-0.1, -0.05) is 25.0 Å². The molecule has 1 saturated carbocycles. The zero-order valence-electron chi connectivity index (χ0n) is 15.2. The highest BCUT2D eigenvalue weighted by Crippen LogP contribution is 2.43. The van der Waals surface area contributed by atoms with Crippen LogP contribution in [0.25, 0.3) is 0 Å². The van der Waals surface area contributed by atoms with E-state index in [0.717, 1.165) is 61.9 Å². The molecule has 0 radical (unpaired) electrons. The van der Waals surface area contributed by atoms with Crippen LogP contribution in [0, 0.1) is 6.92 Å². The van der Waals surface area contributed by atoms with Crippen molar-refractivity contribution in [3.63, 3.8) is 0 Å². The van der Waals surface area contributed by atoms with Crippen LogP contribution in [-0.2, 0) is 10.2 Å². The number of hydrogen-bond acceptors (Lipinski definition) is 3. The summed E-state index contributed by atoms with van der Waals surface area (Å²) in [5.74, 6) is 1.07. The van der Waals surface area contributed by atoms with Gasteiger partial charge in [0, 0.05) is 12.1 Å². The maximum Gasteiger partial charge on any atom is 0.230 e. The van der Waals surface area contributed by atoms with Crippen LogP contribution in [0.5, 0.6) is 5.75 Å². The number of piperidine rings is 1. The molecule has 2 N–H and O–H groups in total. The second-order valence-electron chi connectivity index (χ2n) is 7.44. The van der Waals surface area contributed by atoms with Gasteiger partial charge in [0.15, 0.2) is 0 Å². The van der Waals surface area contributed by atoms with E-state index in [9.17, 15) is 4.79 Å². The number of nitrogens with one attached hydrogen (secondary N) is 2. The lowest BCUT2D eigenvalue weighted by Gasteiger charge is -2.35. The Morgan fingerprint density at radius 3 is 2.71 bits per heavy atom. The summed E-state index contributed by atoms with van der Waals surface area (Å²) in [4.78, 5) is 13.3. The first-order chi connectivity index (χ1) is 11.6. The molecule has 1 heterocycles. The van der Waals surface area contributed by atoms with Crippen LogP contribution in [0.3, 0.4) is 0 Å². The van der Waals surface area contributed by atoms with E-state index < -0.39 is 5.41 Å². The summed E-state index contributed by atoms with van der Waals surface area (Å²) in [6.07, 6.45) is 6.27. The fourth-order valence-corrected chi connectivity index (χ4v) is 4.29. The molecule has 0 spiro atoms. The molecule has 132 valence electrons. The summed E-state index contributed by atoms with van der Waals surface area (Å²) in [5, 5.41) is 6.83. The number of rotatable bonds is 4. The van der Waals surface area contributed by atoms with Gasteiger partial charge >= 0.3 is 0 Å². The van der Waals surface area contributed by atoms with Gasteiger partial charge in [-0.25, -0.2) is 0 Å². The van der Waals surface area contributed by atoms with Gasteiger partial charge in [0.1, 0.15) is 5.75 Å². The molecule has 2 unspecified atom stereocenters. The summed E-state index contributed by atoms with van der Waals surface area (Å²) < 4.78 is 5.50. The van der Waals surface area contributed by atoms with E-state index in [2.05, 4.69) is 35.8 Å². The van der Waals surface area contributed by atoms with E-state index in [1.54, 1.807) is 7.11 Å². The van der Waals surface area contributed by atoms with Crippen LogP contribution in [-0.4, -0.2) is 31.6 Å². The third-order valence-electron chi connectivity index (χ3n) is 5.93. The molecule has 0 bridgehead atoms.